The molecule has 0 saturated heterocycles. The molecule has 1 aromatic carbocycles. The summed E-state index contributed by atoms with van der Waals surface area (Å²) in [5.74, 6) is 0.242. The number of aryl methyl sites for hydroxylation is 1. The van der Waals surface area contributed by atoms with Gasteiger partial charge in [-0.2, -0.15) is 10.4 Å². The summed E-state index contributed by atoms with van der Waals surface area (Å²) in [6.45, 7) is 8.08. The Morgan fingerprint density at radius 2 is 1.78 bits per heavy atom. The third-order valence-corrected chi connectivity index (χ3v) is 6.66. The van der Waals surface area contributed by atoms with Crippen LogP contribution in [0, 0.1) is 18.3 Å². The van der Waals surface area contributed by atoms with E-state index < -0.39 is 10.0 Å². The van der Waals surface area contributed by atoms with E-state index in [4.69, 9.17) is 0 Å². The van der Waals surface area contributed by atoms with E-state index in [0.29, 0.717) is 16.8 Å². The predicted octanol–water partition coefficient (Wildman–Crippen LogP) is 4.67. The van der Waals surface area contributed by atoms with Gasteiger partial charge in [-0.15, -0.1) is 0 Å². The van der Waals surface area contributed by atoms with Crippen LogP contribution in [-0.4, -0.2) is 23.0 Å². The second-order valence-electron chi connectivity index (χ2n) is 8.59. The van der Waals surface area contributed by atoms with E-state index in [-0.39, 0.29) is 16.1 Å². The summed E-state index contributed by atoms with van der Waals surface area (Å²) in [4.78, 5) is 4.44. The van der Waals surface area contributed by atoms with Crippen molar-refractivity contribution in [2.24, 2.45) is 0 Å². The fourth-order valence-corrected chi connectivity index (χ4v) is 4.51. The Bertz CT molecular complexity index is 1460. The van der Waals surface area contributed by atoms with Gasteiger partial charge in [0.25, 0.3) is 10.0 Å². The van der Waals surface area contributed by atoms with Gasteiger partial charge in [0.05, 0.1) is 21.7 Å². The topological polar surface area (TPSA) is 100 Å². The maximum absolute atomic E-state index is 13.1. The van der Waals surface area contributed by atoms with Crippen LogP contribution in [-0.2, 0) is 15.4 Å². The lowest BCUT2D eigenvalue weighted by Crippen LogP contribution is -2.17. The molecule has 0 spiro atoms. The first kappa shape index (κ1) is 21.5. The number of nitrogens with zero attached hydrogens (tertiary/aromatic N) is 4. The third-order valence-electron chi connectivity index (χ3n) is 5.29. The second-order valence-corrected chi connectivity index (χ2v) is 10.3. The molecule has 0 bridgehead atoms. The molecule has 3 heterocycles. The van der Waals surface area contributed by atoms with Gasteiger partial charge in [0.2, 0.25) is 0 Å². The molecule has 0 radical (unpaired) electrons. The summed E-state index contributed by atoms with van der Waals surface area (Å²) in [5, 5.41) is 14.1. The van der Waals surface area contributed by atoms with Gasteiger partial charge in [0, 0.05) is 17.5 Å². The Morgan fingerprint density at radius 3 is 2.41 bits per heavy atom. The van der Waals surface area contributed by atoms with Crippen LogP contribution in [0.1, 0.15) is 37.6 Å². The lowest BCUT2D eigenvalue weighted by molar-refractivity contribution is 0.587. The Kier molecular flexibility index (Phi) is 5.23. The molecule has 0 aliphatic heterocycles. The Hall–Kier alpha value is -3.70. The van der Waals surface area contributed by atoms with Crippen LogP contribution >= 0.6 is 0 Å². The van der Waals surface area contributed by atoms with Crippen molar-refractivity contribution in [2.75, 3.05) is 4.72 Å². The fraction of sp³-hybridized carbons (Fsp3) is 0.208. The molecule has 7 nitrogen and oxygen atoms in total. The molecule has 3 aromatic heterocycles. The molecule has 0 unspecified atom stereocenters. The van der Waals surface area contributed by atoms with Gasteiger partial charge in [-0.05, 0) is 60.4 Å². The largest absolute Gasteiger partial charge is 0.263 e. The van der Waals surface area contributed by atoms with Gasteiger partial charge in [-0.1, -0.05) is 32.9 Å². The van der Waals surface area contributed by atoms with Crippen LogP contribution in [0.4, 0.5) is 5.82 Å². The molecular formula is C24H23N5O2S. The number of fused-ring (bicyclic) bond motifs is 1. The minimum atomic E-state index is -3.86. The van der Waals surface area contributed by atoms with E-state index >= 15 is 0 Å². The van der Waals surface area contributed by atoms with Crippen LogP contribution < -0.4 is 4.72 Å². The lowest BCUT2D eigenvalue weighted by atomic mass is 9.87. The van der Waals surface area contributed by atoms with Crippen molar-refractivity contribution in [3.8, 4) is 17.3 Å². The maximum atomic E-state index is 13.1. The average Bonchev–Trinajstić information content (AvgIpc) is 3.19. The van der Waals surface area contributed by atoms with Crippen molar-refractivity contribution < 1.29 is 8.42 Å². The number of hydrogen-bond donors (Lipinski definition) is 1. The molecule has 0 aliphatic rings. The van der Waals surface area contributed by atoms with E-state index in [0.717, 1.165) is 16.8 Å². The zero-order chi connectivity index (χ0) is 23.1. The molecule has 0 amide bonds. The highest BCUT2D eigenvalue weighted by Crippen LogP contribution is 2.28. The van der Waals surface area contributed by atoms with E-state index in [9.17, 15) is 13.7 Å². The number of pyridine rings is 2. The third kappa shape index (κ3) is 3.95. The highest BCUT2D eigenvalue weighted by atomic mass is 32.2. The highest BCUT2D eigenvalue weighted by molar-refractivity contribution is 7.92. The second kappa shape index (κ2) is 7.77. The molecule has 0 saturated carbocycles. The zero-order valence-electron chi connectivity index (χ0n) is 18.3. The lowest BCUT2D eigenvalue weighted by Gasteiger charge is -2.19. The quantitative estimate of drug-likeness (QED) is 0.492. The van der Waals surface area contributed by atoms with Crippen molar-refractivity contribution in [1.29, 1.82) is 5.26 Å². The normalized spacial score (nSPS) is 12.0. The summed E-state index contributed by atoms with van der Waals surface area (Å²) in [6.07, 6.45) is 1.69. The molecule has 0 aliphatic carbocycles. The first-order valence-electron chi connectivity index (χ1n) is 10.1. The molecule has 0 atom stereocenters. The monoisotopic (exact) mass is 445 g/mol. The number of benzene rings is 1. The molecular weight excluding hydrogens is 422 g/mol. The summed E-state index contributed by atoms with van der Waals surface area (Å²) in [6, 6.07) is 17.5. The highest BCUT2D eigenvalue weighted by Gasteiger charge is 2.20. The molecule has 4 aromatic rings. The summed E-state index contributed by atoms with van der Waals surface area (Å²) in [7, 11) is -3.86. The maximum Gasteiger partial charge on any atom is 0.263 e. The number of sulfonamides is 1. The van der Waals surface area contributed by atoms with Crippen LogP contribution in [0.2, 0.25) is 0 Å². The van der Waals surface area contributed by atoms with Gasteiger partial charge in [0.1, 0.15) is 11.9 Å². The summed E-state index contributed by atoms with van der Waals surface area (Å²) < 4.78 is 30.2. The first-order chi connectivity index (χ1) is 15.1. The van der Waals surface area contributed by atoms with Crippen molar-refractivity contribution in [3.63, 3.8) is 0 Å². The number of aromatic nitrogens is 3. The van der Waals surface area contributed by atoms with Crippen LogP contribution in [0.15, 0.2) is 65.7 Å². The Balaban J connectivity index is 1.78. The minimum absolute atomic E-state index is 0.0785. The number of rotatable bonds is 4. The van der Waals surface area contributed by atoms with Gasteiger partial charge in [-0.25, -0.2) is 12.9 Å². The van der Waals surface area contributed by atoms with Gasteiger partial charge in [0.15, 0.2) is 0 Å². The standard InChI is InChI=1S/C24H23N5O2S/c1-16-20(6-5-13-26-16)21-14-22-17(15-25)7-12-23(29(22)27-21)28-32(30,31)19-10-8-18(9-11-19)24(2,3)4/h5-14,28H,1-4H3. The average molecular weight is 446 g/mol. The Labute approximate surface area is 187 Å². The fourth-order valence-electron chi connectivity index (χ4n) is 3.46. The first-order valence-corrected chi connectivity index (χ1v) is 11.6. The molecule has 0 fully saturated rings. The van der Waals surface area contributed by atoms with E-state index in [1.54, 1.807) is 36.5 Å². The molecule has 1 N–H and O–H groups in total. The van der Waals surface area contributed by atoms with E-state index in [1.807, 2.05) is 31.2 Å². The smallest absolute Gasteiger partial charge is 0.263 e. The van der Waals surface area contributed by atoms with Crippen LogP contribution in [0.5, 0.6) is 0 Å². The SMILES string of the molecule is Cc1ncccc1-c1cc2c(C#N)ccc(NS(=O)(=O)c3ccc(C(C)(C)C)cc3)n2n1. The van der Waals surface area contributed by atoms with Crippen molar-refractivity contribution in [2.45, 2.75) is 38.0 Å². The minimum Gasteiger partial charge on any atom is -0.263 e. The van der Waals surface area contributed by atoms with Gasteiger partial charge < -0.3 is 0 Å². The van der Waals surface area contributed by atoms with E-state index in [1.165, 1.54) is 4.52 Å². The molecule has 4 rings (SSSR count). The summed E-state index contributed by atoms with van der Waals surface area (Å²) >= 11 is 0. The number of nitrogens with one attached hydrogen (secondary N) is 1. The number of anilines is 1. The molecule has 162 valence electrons. The van der Waals surface area contributed by atoms with Crippen molar-refractivity contribution in [1.82, 2.24) is 14.6 Å². The number of hydrogen-bond acceptors (Lipinski definition) is 5. The predicted molar refractivity (Wildman–Crippen MR) is 124 cm³/mol. The van der Waals surface area contributed by atoms with Crippen LogP contribution in [0.3, 0.4) is 0 Å². The van der Waals surface area contributed by atoms with E-state index in [2.05, 4.69) is 41.6 Å². The molecule has 8 heteroatoms. The van der Waals surface area contributed by atoms with Crippen molar-refractivity contribution >= 4 is 21.4 Å². The van der Waals surface area contributed by atoms with Crippen LogP contribution in [0.25, 0.3) is 16.8 Å². The Morgan fingerprint density at radius 1 is 1.06 bits per heavy atom. The van der Waals surface area contributed by atoms with Gasteiger partial charge in [-0.3, -0.25) is 9.71 Å². The van der Waals surface area contributed by atoms with Gasteiger partial charge >= 0.3 is 0 Å². The van der Waals surface area contributed by atoms with Crippen molar-refractivity contribution in [3.05, 3.63) is 77.6 Å². The summed E-state index contributed by atoms with van der Waals surface area (Å²) in [5.41, 5.74) is 4.07. The zero-order valence-corrected chi connectivity index (χ0v) is 19.1. The molecule has 32 heavy (non-hydrogen) atoms. The number of nitriles is 1.